The molecule has 1 saturated heterocycles. The second-order valence-electron chi connectivity index (χ2n) is 11.7. The number of nitrogens with one attached hydrogen (secondary N) is 1. The third-order valence-electron chi connectivity index (χ3n) is 9.46. The Balaban J connectivity index is 1.29. The summed E-state index contributed by atoms with van der Waals surface area (Å²) in [6.45, 7) is 1.76. The number of hydrogen-bond donors (Lipinski definition) is 1. The van der Waals surface area contributed by atoms with E-state index in [9.17, 15) is 9.59 Å². The minimum absolute atomic E-state index is 0.0348. The van der Waals surface area contributed by atoms with Crippen molar-refractivity contribution in [2.24, 2.45) is 17.8 Å². The number of piperidine rings is 1. The largest absolute Gasteiger partial charge is 0.497 e. The van der Waals surface area contributed by atoms with Crippen molar-refractivity contribution >= 4 is 28.5 Å². The first-order valence-electron chi connectivity index (χ1n) is 14.3. The van der Waals surface area contributed by atoms with E-state index >= 15 is 0 Å². The zero-order valence-electron chi connectivity index (χ0n) is 24.4. The van der Waals surface area contributed by atoms with Crippen LogP contribution in [0, 0.1) is 17.8 Å². The van der Waals surface area contributed by atoms with Crippen molar-refractivity contribution < 1.29 is 28.5 Å². The number of carbonyl (C=O) groups excluding carboxylic acids is 2. The summed E-state index contributed by atoms with van der Waals surface area (Å²) in [6, 6.07) is 13.7. The lowest BCUT2D eigenvalue weighted by Crippen LogP contribution is -2.58. The summed E-state index contributed by atoms with van der Waals surface area (Å²) in [5.41, 5.74) is 5.04. The average molecular weight is 562 g/mol. The zero-order valence-corrected chi connectivity index (χ0v) is 24.4. The number of H-pyrrole nitrogens is 1. The van der Waals surface area contributed by atoms with E-state index in [4.69, 9.17) is 18.9 Å². The van der Waals surface area contributed by atoms with Gasteiger partial charge in [-0.2, -0.15) is 0 Å². The van der Waals surface area contributed by atoms with Gasteiger partial charge >= 0.3 is 11.9 Å². The Bertz CT molecular complexity index is 1450. The first-order valence-corrected chi connectivity index (χ1v) is 14.3. The van der Waals surface area contributed by atoms with Gasteiger partial charge in [0.25, 0.3) is 0 Å². The third kappa shape index (κ3) is 4.85. The molecule has 0 amide bonds. The Kier molecular flexibility index (Phi) is 7.42. The summed E-state index contributed by atoms with van der Waals surface area (Å²) >= 11 is 0. The smallest absolute Gasteiger partial charge is 0.338 e. The van der Waals surface area contributed by atoms with Gasteiger partial charge in [-0.3, -0.25) is 9.69 Å². The highest BCUT2D eigenvalue weighted by Gasteiger charge is 2.54. The van der Waals surface area contributed by atoms with E-state index in [0.29, 0.717) is 12.0 Å². The van der Waals surface area contributed by atoms with Crippen LogP contribution in [0.5, 0.6) is 5.75 Å². The summed E-state index contributed by atoms with van der Waals surface area (Å²) in [6.07, 6.45) is 1.24. The maximum Gasteiger partial charge on any atom is 0.338 e. The molecule has 2 fully saturated rings. The third-order valence-corrected chi connectivity index (χ3v) is 9.46. The molecule has 2 aliphatic heterocycles. The molecule has 6 unspecified atom stereocenters. The Hall–Kier alpha value is -3.56. The summed E-state index contributed by atoms with van der Waals surface area (Å²) in [7, 11) is 8.56. The van der Waals surface area contributed by atoms with Crippen molar-refractivity contribution in [3.63, 3.8) is 0 Å². The van der Waals surface area contributed by atoms with Gasteiger partial charge in [0.2, 0.25) is 0 Å². The number of methoxy groups -OCH3 is 3. The molecule has 0 radical (unpaired) electrons. The molecule has 9 heteroatoms. The molecule has 6 atom stereocenters. The Morgan fingerprint density at radius 1 is 1.05 bits per heavy atom. The highest BCUT2D eigenvalue weighted by atomic mass is 16.6. The van der Waals surface area contributed by atoms with E-state index in [1.807, 2.05) is 43.3 Å². The number of fused-ring (bicyclic) bond motifs is 6. The monoisotopic (exact) mass is 561 g/mol. The van der Waals surface area contributed by atoms with Crippen molar-refractivity contribution in [1.29, 1.82) is 0 Å². The van der Waals surface area contributed by atoms with Crippen molar-refractivity contribution in [3.8, 4) is 5.75 Å². The Morgan fingerprint density at radius 3 is 2.61 bits per heavy atom. The summed E-state index contributed by atoms with van der Waals surface area (Å²) in [5, 5.41) is 1.23. The number of carbonyl (C=O) groups is 2. The molecular formula is C32H39N3O6. The molecule has 3 heterocycles. The molecule has 41 heavy (non-hydrogen) atoms. The standard InChI is InChI=1S/C32H39N3O6/c1-34(2)20-8-6-7-18(13-20)31(36)41-27-14-19-17-35-12-11-23-22-10-9-21(38-3)15-25(22)33-29(23)26(35)16-24(19)28(30(27)39-4)32(37)40-5/h6-10,13,15,19,24,26-28,30,33H,11-12,14,16-17H2,1-5H3. The van der Waals surface area contributed by atoms with Gasteiger partial charge in [0.15, 0.2) is 0 Å². The number of benzene rings is 2. The van der Waals surface area contributed by atoms with Crippen LogP contribution in [-0.4, -0.2) is 82.5 Å². The molecule has 1 aliphatic carbocycles. The molecule has 1 aromatic heterocycles. The molecule has 2 aromatic carbocycles. The number of esters is 2. The topological polar surface area (TPSA) is 93.3 Å². The van der Waals surface area contributed by atoms with Crippen molar-refractivity contribution in [2.75, 3.05) is 53.4 Å². The van der Waals surface area contributed by atoms with E-state index in [1.165, 1.54) is 23.8 Å². The number of ether oxygens (including phenoxy) is 4. The second kappa shape index (κ2) is 11.0. The van der Waals surface area contributed by atoms with Gasteiger partial charge in [0, 0.05) is 62.6 Å². The molecule has 218 valence electrons. The van der Waals surface area contributed by atoms with Crippen LogP contribution < -0.4 is 9.64 Å². The lowest BCUT2D eigenvalue weighted by Gasteiger charge is -2.52. The van der Waals surface area contributed by atoms with E-state index in [0.717, 1.165) is 42.9 Å². The molecule has 6 rings (SSSR count). The highest BCUT2D eigenvalue weighted by molar-refractivity contribution is 5.91. The van der Waals surface area contributed by atoms with E-state index < -0.39 is 24.1 Å². The molecule has 3 aromatic rings. The van der Waals surface area contributed by atoms with Gasteiger partial charge in [-0.15, -0.1) is 0 Å². The second-order valence-corrected chi connectivity index (χ2v) is 11.7. The maximum absolute atomic E-state index is 13.3. The van der Waals surface area contributed by atoms with Crippen molar-refractivity contribution in [3.05, 3.63) is 59.3 Å². The van der Waals surface area contributed by atoms with Crippen LogP contribution in [0.25, 0.3) is 10.9 Å². The van der Waals surface area contributed by atoms with Gasteiger partial charge in [-0.1, -0.05) is 6.07 Å². The fourth-order valence-electron chi connectivity index (χ4n) is 7.47. The molecular weight excluding hydrogens is 522 g/mol. The van der Waals surface area contributed by atoms with Gasteiger partial charge in [0.05, 0.1) is 31.7 Å². The molecule has 0 bridgehead atoms. The fourth-order valence-corrected chi connectivity index (χ4v) is 7.47. The van der Waals surface area contributed by atoms with Crippen LogP contribution in [0.2, 0.25) is 0 Å². The van der Waals surface area contributed by atoms with Gasteiger partial charge in [0.1, 0.15) is 18.0 Å². The van der Waals surface area contributed by atoms with Crippen LogP contribution in [0.3, 0.4) is 0 Å². The van der Waals surface area contributed by atoms with E-state index in [1.54, 1.807) is 20.3 Å². The molecule has 3 aliphatic rings. The van der Waals surface area contributed by atoms with Crippen LogP contribution in [0.1, 0.15) is 40.5 Å². The molecule has 1 saturated carbocycles. The van der Waals surface area contributed by atoms with Gasteiger partial charge in [-0.05, 0) is 67.0 Å². The van der Waals surface area contributed by atoms with Crippen LogP contribution in [0.15, 0.2) is 42.5 Å². The van der Waals surface area contributed by atoms with Crippen molar-refractivity contribution in [2.45, 2.75) is 37.5 Å². The van der Waals surface area contributed by atoms with Gasteiger partial charge < -0.3 is 28.8 Å². The SMILES string of the molecule is COC(=O)C1C2CC3c4[nH]c5cc(OC)ccc5c4CCN3CC2CC(OC(=O)c2cccc(N(C)C)c2)C1OC. The van der Waals surface area contributed by atoms with Crippen LogP contribution >= 0.6 is 0 Å². The van der Waals surface area contributed by atoms with Crippen molar-refractivity contribution in [1.82, 2.24) is 9.88 Å². The van der Waals surface area contributed by atoms with Crippen LogP contribution in [0.4, 0.5) is 5.69 Å². The molecule has 1 N–H and O–H groups in total. The molecule has 0 spiro atoms. The number of hydrogen-bond acceptors (Lipinski definition) is 8. The number of aromatic nitrogens is 1. The minimum atomic E-state index is -0.591. The van der Waals surface area contributed by atoms with E-state index in [2.05, 4.69) is 22.0 Å². The van der Waals surface area contributed by atoms with E-state index in [-0.39, 0.29) is 23.8 Å². The zero-order chi connectivity index (χ0) is 28.8. The fraction of sp³-hybridized carbons (Fsp3) is 0.500. The number of aromatic amines is 1. The number of nitrogens with zero attached hydrogens (tertiary/aromatic N) is 2. The number of rotatable bonds is 6. The van der Waals surface area contributed by atoms with Crippen LogP contribution in [-0.2, 0) is 25.4 Å². The quantitative estimate of drug-likeness (QED) is 0.448. The number of anilines is 1. The summed E-state index contributed by atoms with van der Waals surface area (Å²) in [4.78, 5) is 34.8. The normalized spacial score (nSPS) is 27.3. The first kappa shape index (κ1) is 27.6. The highest BCUT2D eigenvalue weighted by Crippen LogP contribution is 2.50. The average Bonchev–Trinajstić information content (AvgIpc) is 3.37. The Labute approximate surface area is 240 Å². The predicted octanol–water partition coefficient (Wildman–Crippen LogP) is 4.21. The maximum atomic E-state index is 13.3. The molecule has 9 nitrogen and oxygen atoms in total. The minimum Gasteiger partial charge on any atom is -0.497 e. The Morgan fingerprint density at radius 2 is 1.88 bits per heavy atom. The first-order chi connectivity index (χ1) is 19.8. The van der Waals surface area contributed by atoms with Gasteiger partial charge in [-0.25, -0.2) is 4.79 Å². The lowest BCUT2D eigenvalue weighted by atomic mass is 9.63. The lowest BCUT2D eigenvalue weighted by molar-refractivity contribution is -0.176. The predicted molar refractivity (Wildman–Crippen MR) is 155 cm³/mol. The summed E-state index contributed by atoms with van der Waals surface area (Å²) < 4.78 is 22.8. The summed E-state index contributed by atoms with van der Waals surface area (Å²) in [5.74, 6) is -0.231.